The SMILES string of the molecule is CCCCCCCCCCCCCCCCCC(=O)OC[C@H](COP(=O)(O)OC[C@@H](O)COP(=O)(O)OC[C@@H](COC(=O)CCCCCCCCCCCC)OC(=O)CCCCCCCCCCCCCC)OC(=O)CCCCCCCCCCCCCCCCCCCCC(C)CC. The van der Waals surface area contributed by atoms with Crippen LogP contribution in [0.3, 0.4) is 0 Å². The van der Waals surface area contributed by atoms with Crippen LogP contribution >= 0.6 is 15.6 Å². The lowest BCUT2D eigenvalue weighted by Crippen LogP contribution is -2.30. The van der Waals surface area contributed by atoms with Crippen LogP contribution in [-0.2, 0) is 65.4 Å². The van der Waals surface area contributed by atoms with Crippen molar-refractivity contribution in [3.05, 3.63) is 0 Å². The quantitative estimate of drug-likeness (QED) is 0.0222. The number of carbonyl (C=O) groups excluding carboxylic acids is 4. The van der Waals surface area contributed by atoms with Gasteiger partial charge < -0.3 is 33.8 Å². The monoisotopic (exact) mass is 1450 g/mol. The molecule has 0 aromatic rings. The molecule has 0 saturated carbocycles. The van der Waals surface area contributed by atoms with Crippen molar-refractivity contribution >= 4 is 39.5 Å². The van der Waals surface area contributed by atoms with E-state index in [0.717, 1.165) is 95.8 Å². The average Bonchev–Trinajstić information content (AvgIpc) is 1.98. The summed E-state index contributed by atoms with van der Waals surface area (Å²) in [6.45, 7) is 7.38. The van der Waals surface area contributed by atoms with Crippen LogP contribution in [0, 0.1) is 5.92 Å². The van der Waals surface area contributed by atoms with E-state index in [9.17, 15) is 43.2 Å². The molecule has 0 heterocycles. The van der Waals surface area contributed by atoms with Crippen molar-refractivity contribution in [3.63, 3.8) is 0 Å². The number of aliphatic hydroxyl groups excluding tert-OH is 1. The molecule has 3 unspecified atom stereocenters. The summed E-state index contributed by atoms with van der Waals surface area (Å²) in [6.07, 6.45) is 63.7. The van der Waals surface area contributed by atoms with Crippen molar-refractivity contribution in [2.45, 2.75) is 445 Å². The second-order valence-electron chi connectivity index (χ2n) is 29.1. The third-order valence-electron chi connectivity index (χ3n) is 19.1. The number of hydrogen-bond donors (Lipinski definition) is 3. The molecular weight excluding hydrogens is 1290 g/mol. The van der Waals surface area contributed by atoms with E-state index >= 15 is 0 Å². The van der Waals surface area contributed by atoms with Gasteiger partial charge in [0.25, 0.3) is 0 Å². The molecule has 0 amide bonds. The maximum atomic E-state index is 13.1. The fourth-order valence-corrected chi connectivity index (χ4v) is 14.0. The van der Waals surface area contributed by atoms with Crippen LogP contribution in [0.1, 0.15) is 426 Å². The van der Waals surface area contributed by atoms with Gasteiger partial charge in [0.15, 0.2) is 12.2 Å². The number of ether oxygens (including phenoxy) is 4. The molecule has 0 aliphatic heterocycles. The second kappa shape index (κ2) is 73.0. The van der Waals surface area contributed by atoms with Gasteiger partial charge in [-0.2, -0.15) is 0 Å². The molecule has 19 heteroatoms. The molecule has 0 radical (unpaired) electrons. The Kier molecular flexibility index (Phi) is 71.6. The molecule has 17 nitrogen and oxygen atoms in total. The van der Waals surface area contributed by atoms with Gasteiger partial charge in [0.2, 0.25) is 0 Å². The first-order valence-electron chi connectivity index (χ1n) is 41.7. The Morgan fingerprint density at radius 1 is 0.283 bits per heavy atom. The van der Waals surface area contributed by atoms with E-state index in [0.29, 0.717) is 25.7 Å². The van der Waals surface area contributed by atoms with Gasteiger partial charge in [-0.15, -0.1) is 0 Å². The van der Waals surface area contributed by atoms with Gasteiger partial charge in [-0.25, -0.2) is 9.13 Å². The van der Waals surface area contributed by atoms with E-state index in [1.807, 2.05) is 0 Å². The molecule has 6 atom stereocenters. The van der Waals surface area contributed by atoms with E-state index < -0.39 is 97.5 Å². The summed E-state index contributed by atoms with van der Waals surface area (Å²) in [5, 5.41) is 10.6. The maximum absolute atomic E-state index is 13.1. The van der Waals surface area contributed by atoms with Gasteiger partial charge >= 0.3 is 39.5 Å². The van der Waals surface area contributed by atoms with Crippen LogP contribution in [0.4, 0.5) is 0 Å². The second-order valence-corrected chi connectivity index (χ2v) is 32.0. The predicted octanol–water partition coefficient (Wildman–Crippen LogP) is 24.0. The third kappa shape index (κ3) is 72.8. The first kappa shape index (κ1) is 97.1. The minimum Gasteiger partial charge on any atom is -0.462 e. The highest BCUT2D eigenvalue weighted by Crippen LogP contribution is 2.45. The van der Waals surface area contributed by atoms with Gasteiger partial charge in [-0.05, 0) is 31.6 Å². The molecule has 0 aliphatic rings. The lowest BCUT2D eigenvalue weighted by atomic mass is 9.99. The van der Waals surface area contributed by atoms with Crippen molar-refractivity contribution in [2.24, 2.45) is 5.92 Å². The number of carbonyl (C=O) groups is 4. The van der Waals surface area contributed by atoms with Crippen molar-refractivity contribution in [1.29, 1.82) is 0 Å². The normalized spacial score (nSPS) is 14.1. The molecule has 0 saturated heterocycles. The number of aliphatic hydroxyl groups is 1. The van der Waals surface area contributed by atoms with Crippen LogP contribution in [0.5, 0.6) is 0 Å². The Bertz CT molecular complexity index is 1890. The number of phosphoric ester groups is 2. The van der Waals surface area contributed by atoms with Gasteiger partial charge in [-0.3, -0.25) is 37.3 Å². The first-order valence-corrected chi connectivity index (χ1v) is 44.7. The number of unbranched alkanes of at least 4 members (excludes halogenated alkanes) is 51. The number of rotatable bonds is 80. The Morgan fingerprint density at radius 2 is 0.485 bits per heavy atom. The molecule has 99 heavy (non-hydrogen) atoms. The van der Waals surface area contributed by atoms with E-state index in [1.54, 1.807) is 0 Å². The maximum Gasteiger partial charge on any atom is 0.472 e. The summed E-state index contributed by atoms with van der Waals surface area (Å²) in [7, 11) is -9.91. The van der Waals surface area contributed by atoms with E-state index in [4.69, 9.17) is 37.0 Å². The fraction of sp³-hybridized carbons (Fsp3) is 0.950. The zero-order chi connectivity index (χ0) is 72.7. The Balaban J connectivity index is 5.20. The molecule has 0 spiro atoms. The lowest BCUT2D eigenvalue weighted by molar-refractivity contribution is -0.161. The van der Waals surface area contributed by atoms with Crippen molar-refractivity contribution < 1.29 is 80.2 Å². The van der Waals surface area contributed by atoms with Crippen LogP contribution in [0.2, 0.25) is 0 Å². The zero-order valence-corrected chi connectivity index (χ0v) is 66.4. The molecule has 0 rings (SSSR count). The van der Waals surface area contributed by atoms with Gasteiger partial charge in [0.05, 0.1) is 26.4 Å². The highest BCUT2D eigenvalue weighted by Gasteiger charge is 2.30. The molecule has 0 fully saturated rings. The van der Waals surface area contributed by atoms with Gasteiger partial charge in [-0.1, -0.05) is 375 Å². The summed E-state index contributed by atoms with van der Waals surface area (Å²) in [5.74, 6) is -1.24. The number of phosphoric acid groups is 2. The summed E-state index contributed by atoms with van der Waals surface area (Å²) in [5.41, 5.74) is 0. The largest absolute Gasteiger partial charge is 0.472 e. The Hall–Kier alpha value is -1.94. The molecule has 0 aromatic carbocycles. The smallest absolute Gasteiger partial charge is 0.462 e. The third-order valence-corrected chi connectivity index (χ3v) is 21.0. The van der Waals surface area contributed by atoms with Crippen LogP contribution in [-0.4, -0.2) is 96.7 Å². The minimum absolute atomic E-state index is 0.108. The highest BCUT2D eigenvalue weighted by atomic mass is 31.2. The summed E-state index contributed by atoms with van der Waals surface area (Å²) in [6, 6.07) is 0. The number of esters is 4. The van der Waals surface area contributed by atoms with Gasteiger partial charge in [0, 0.05) is 25.7 Å². The number of hydrogen-bond acceptors (Lipinski definition) is 15. The fourth-order valence-electron chi connectivity index (χ4n) is 12.4. The van der Waals surface area contributed by atoms with Crippen molar-refractivity contribution in [3.8, 4) is 0 Å². The Morgan fingerprint density at radius 3 is 0.717 bits per heavy atom. The van der Waals surface area contributed by atoms with E-state index in [-0.39, 0.29) is 25.7 Å². The standard InChI is InChI=1S/C80H156O17P2/c1-6-10-13-16-19-22-25-27-32-36-40-44-49-54-59-64-78(83)91-70-76(97-80(85)66-61-56-51-46-41-37-34-31-29-28-30-33-35-38-42-47-52-57-62-73(5)9-4)72-95-99(88,89)93-68-74(81)67-92-98(86,87)94-71-75(69-90-77(82)63-58-53-48-43-24-21-18-15-12-8-3)96-79(84)65-60-55-50-45-39-26-23-20-17-14-11-7-2/h73-76,81H,6-72H2,1-5H3,(H,86,87)(H,88,89)/t73?,74-,75+,76+/m0/s1. The van der Waals surface area contributed by atoms with Gasteiger partial charge in [0.1, 0.15) is 19.3 Å². The summed E-state index contributed by atoms with van der Waals surface area (Å²) < 4.78 is 68.6. The Labute approximate surface area is 607 Å². The highest BCUT2D eigenvalue weighted by molar-refractivity contribution is 7.47. The molecule has 0 aromatic heterocycles. The van der Waals surface area contributed by atoms with Crippen LogP contribution in [0.15, 0.2) is 0 Å². The molecule has 0 bridgehead atoms. The van der Waals surface area contributed by atoms with Crippen LogP contribution in [0.25, 0.3) is 0 Å². The summed E-state index contributed by atoms with van der Waals surface area (Å²) >= 11 is 0. The molecule has 588 valence electrons. The zero-order valence-electron chi connectivity index (χ0n) is 64.6. The first-order chi connectivity index (χ1) is 48.1. The molecule has 0 aliphatic carbocycles. The van der Waals surface area contributed by atoms with Crippen LogP contribution < -0.4 is 0 Å². The molecule has 3 N–H and O–H groups in total. The summed E-state index contributed by atoms with van der Waals surface area (Å²) in [4.78, 5) is 72.9. The lowest BCUT2D eigenvalue weighted by Gasteiger charge is -2.21. The topological polar surface area (TPSA) is 237 Å². The van der Waals surface area contributed by atoms with Crippen molar-refractivity contribution in [2.75, 3.05) is 39.6 Å². The molecular formula is C80H156O17P2. The van der Waals surface area contributed by atoms with Crippen molar-refractivity contribution in [1.82, 2.24) is 0 Å². The minimum atomic E-state index is -4.96. The van der Waals surface area contributed by atoms with E-state index in [1.165, 1.54) is 250 Å². The van der Waals surface area contributed by atoms with E-state index in [2.05, 4.69) is 34.6 Å². The predicted molar refractivity (Wildman–Crippen MR) is 405 cm³/mol. The average molecular weight is 1450 g/mol.